The molecule has 0 bridgehead atoms. The Labute approximate surface area is 87.4 Å². The fourth-order valence-corrected chi connectivity index (χ4v) is 1.74. The van der Waals surface area contributed by atoms with Crippen molar-refractivity contribution in [2.75, 3.05) is 46.1 Å². The van der Waals surface area contributed by atoms with Gasteiger partial charge in [-0.05, 0) is 32.9 Å². The van der Waals surface area contributed by atoms with Crippen LogP contribution in [-0.4, -0.2) is 51.0 Å². The van der Waals surface area contributed by atoms with Crippen LogP contribution in [-0.2, 0) is 9.47 Å². The van der Waals surface area contributed by atoms with E-state index < -0.39 is 0 Å². The van der Waals surface area contributed by atoms with Gasteiger partial charge >= 0.3 is 0 Å². The molecule has 1 rings (SSSR count). The molecule has 0 atom stereocenters. The van der Waals surface area contributed by atoms with E-state index in [1.54, 1.807) is 0 Å². The molecule has 1 fully saturated rings. The van der Waals surface area contributed by atoms with Gasteiger partial charge in [0.25, 0.3) is 0 Å². The Morgan fingerprint density at radius 1 is 0.929 bits per heavy atom. The number of ether oxygens (including phenoxy) is 2. The van der Waals surface area contributed by atoms with Crippen LogP contribution in [0.1, 0.15) is 26.2 Å². The molecular formula is C11H23NO2. The van der Waals surface area contributed by atoms with Crippen molar-refractivity contribution in [3.05, 3.63) is 0 Å². The molecule has 0 spiro atoms. The maximum absolute atomic E-state index is 5.47. The van der Waals surface area contributed by atoms with Gasteiger partial charge in [0.05, 0.1) is 19.8 Å². The summed E-state index contributed by atoms with van der Waals surface area (Å²) < 4.78 is 10.7. The molecule has 0 aliphatic carbocycles. The Balaban J connectivity index is 1.82. The van der Waals surface area contributed by atoms with Gasteiger partial charge in [-0.1, -0.05) is 6.42 Å². The summed E-state index contributed by atoms with van der Waals surface area (Å²) in [6.07, 6.45) is 4.12. The van der Waals surface area contributed by atoms with E-state index >= 15 is 0 Å². The minimum absolute atomic E-state index is 0.733. The molecule has 1 heterocycles. The van der Waals surface area contributed by atoms with Crippen LogP contribution in [0, 0.1) is 0 Å². The van der Waals surface area contributed by atoms with Gasteiger partial charge in [0, 0.05) is 13.2 Å². The first-order valence-electron chi connectivity index (χ1n) is 5.81. The third kappa shape index (κ3) is 5.58. The Morgan fingerprint density at radius 2 is 1.64 bits per heavy atom. The van der Waals surface area contributed by atoms with E-state index in [9.17, 15) is 0 Å². The molecular weight excluding hydrogens is 178 g/mol. The monoisotopic (exact) mass is 201 g/mol. The number of hydrogen-bond acceptors (Lipinski definition) is 3. The Morgan fingerprint density at radius 3 is 2.36 bits per heavy atom. The van der Waals surface area contributed by atoms with Crippen molar-refractivity contribution in [3.63, 3.8) is 0 Å². The van der Waals surface area contributed by atoms with Crippen molar-refractivity contribution < 1.29 is 9.47 Å². The molecule has 84 valence electrons. The lowest BCUT2D eigenvalue weighted by Crippen LogP contribution is -2.32. The zero-order valence-corrected chi connectivity index (χ0v) is 9.33. The van der Waals surface area contributed by atoms with Crippen LogP contribution >= 0.6 is 0 Å². The first-order chi connectivity index (χ1) is 6.93. The second-order valence-electron chi connectivity index (χ2n) is 3.71. The average molecular weight is 201 g/mol. The van der Waals surface area contributed by atoms with Gasteiger partial charge in [0.2, 0.25) is 0 Å². The maximum Gasteiger partial charge on any atom is 0.0701 e. The zero-order valence-electron chi connectivity index (χ0n) is 9.33. The fraction of sp³-hybridized carbons (Fsp3) is 1.00. The highest BCUT2D eigenvalue weighted by atomic mass is 16.5. The highest BCUT2D eigenvalue weighted by Gasteiger charge is 2.08. The lowest BCUT2D eigenvalue weighted by molar-refractivity contribution is 0.0407. The van der Waals surface area contributed by atoms with Gasteiger partial charge in [-0.3, -0.25) is 0 Å². The van der Waals surface area contributed by atoms with Crippen molar-refractivity contribution in [2.24, 2.45) is 0 Å². The number of rotatable bonds is 7. The van der Waals surface area contributed by atoms with Gasteiger partial charge in [-0.25, -0.2) is 0 Å². The highest BCUT2D eigenvalue weighted by Crippen LogP contribution is 2.07. The lowest BCUT2D eigenvalue weighted by Gasteiger charge is -2.26. The molecule has 0 aromatic rings. The van der Waals surface area contributed by atoms with E-state index in [-0.39, 0.29) is 0 Å². The van der Waals surface area contributed by atoms with Crippen molar-refractivity contribution in [3.8, 4) is 0 Å². The predicted molar refractivity (Wildman–Crippen MR) is 57.6 cm³/mol. The first-order valence-corrected chi connectivity index (χ1v) is 5.81. The molecule has 0 unspecified atom stereocenters. The summed E-state index contributed by atoms with van der Waals surface area (Å²) in [5.74, 6) is 0. The molecule has 0 saturated carbocycles. The Hall–Kier alpha value is -0.120. The summed E-state index contributed by atoms with van der Waals surface area (Å²) in [4.78, 5) is 2.49. The van der Waals surface area contributed by atoms with Crippen molar-refractivity contribution in [1.29, 1.82) is 0 Å². The van der Waals surface area contributed by atoms with E-state index in [0.717, 1.165) is 33.0 Å². The van der Waals surface area contributed by atoms with Crippen molar-refractivity contribution >= 4 is 0 Å². The van der Waals surface area contributed by atoms with Crippen molar-refractivity contribution in [2.45, 2.75) is 26.2 Å². The van der Waals surface area contributed by atoms with Gasteiger partial charge in [-0.2, -0.15) is 0 Å². The lowest BCUT2D eigenvalue weighted by atomic mass is 10.1. The van der Waals surface area contributed by atoms with Gasteiger partial charge < -0.3 is 14.4 Å². The zero-order chi connectivity index (χ0) is 10.1. The summed E-state index contributed by atoms with van der Waals surface area (Å²) in [6, 6.07) is 0. The second kappa shape index (κ2) is 8.21. The molecule has 0 radical (unpaired) electrons. The van der Waals surface area contributed by atoms with Crippen LogP contribution in [0.25, 0.3) is 0 Å². The maximum atomic E-state index is 5.47. The summed E-state index contributed by atoms with van der Waals surface area (Å²) in [5, 5.41) is 0. The molecule has 3 nitrogen and oxygen atoms in total. The largest absolute Gasteiger partial charge is 0.379 e. The topological polar surface area (TPSA) is 21.7 Å². The normalized spacial score (nSPS) is 18.6. The molecule has 14 heavy (non-hydrogen) atoms. The van der Waals surface area contributed by atoms with Gasteiger partial charge in [0.1, 0.15) is 0 Å². The number of nitrogens with zero attached hydrogens (tertiary/aromatic N) is 1. The summed E-state index contributed by atoms with van der Waals surface area (Å²) in [7, 11) is 0. The van der Waals surface area contributed by atoms with E-state index in [1.807, 2.05) is 6.92 Å². The average Bonchev–Trinajstić information content (AvgIpc) is 2.25. The second-order valence-corrected chi connectivity index (χ2v) is 3.71. The van der Waals surface area contributed by atoms with Crippen molar-refractivity contribution in [1.82, 2.24) is 4.90 Å². The third-order valence-electron chi connectivity index (χ3n) is 2.58. The molecule has 0 amide bonds. The molecule has 1 aliphatic rings. The molecule has 0 aromatic heterocycles. The van der Waals surface area contributed by atoms with Crippen LogP contribution in [0.2, 0.25) is 0 Å². The molecule has 0 aromatic carbocycles. The first kappa shape index (κ1) is 12.0. The smallest absolute Gasteiger partial charge is 0.0701 e. The van der Waals surface area contributed by atoms with E-state index in [2.05, 4.69) is 4.90 Å². The van der Waals surface area contributed by atoms with Crippen LogP contribution in [0.3, 0.4) is 0 Å². The Kier molecular flexibility index (Phi) is 7.01. The van der Waals surface area contributed by atoms with E-state index in [4.69, 9.17) is 9.47 Å². The van der Waals surface area contributed by atoms with Crippen LogP contribution in [0.5, 0.6) is 0 Å². The molecule has 1 saturated heterocycles. The molecule has 1 aliphatic heterocycles. The summed E-state index contributed by atoms with van der Waals surface area (Å²) in [6.45, 7) is 8.73. The predicted octanol–water partition coefficient (Wildman–Crippen LogP) is 1.53. The molecule has 0 N–H and O–H groups in total. The SMILES string of the molecule is CCOCCOCCN1CCCCC1. The molecule has 3 heteroatoms. The minimum Gasteiger partial charge on any atom is -0.379 e. The number of likely N-dealkylation sites (tertiary alicyclic amines) is 1. The summed E-state index contributed by atoms with van der Waals surface area (Å²) >= 11 is 0. The van der Waals surface area contributed by atoms with E-state index in [0.29, 0.717) is 0 Å². The van der Waals surface area contributed by atoms with Gasteiger partial charge in [-0.15, -0.1) is 0 Å². The van der Waals surface area contributed by atoms with Crippen LogP contribution in [0.4, 0.5) is 0 Å². The standard InChI is InChI=1S/C11H23NO2/c1-2-13-10-11-14-9-8-12-6-4-3-5-7-12/h2-11H2,1H3. The Bertz CT molecular complexity index is 124. The number of hydrogen-bond donors (Lipinski definition) is 0. The number of piperidine rings is 1. The van der Waals surface area contributed by atoms with Crippen LogP contribution in [0.15, 0.2) is 0 Å². The third-order valence-corrected chi connectivity index (χ3v) is 2.58. The fourth-order valence-electron chi connectivity index (χ4n) is 1.74. The minimum atomic E-state index is 0.733. The highest BCUT2D eigenvalue weighted by molar-refractivity contribution is 4.63. The van der Waals surface area contributed by atoms with E-state index in [1.165, 1.54) is 32.4 Å². The van der Waals surface area contributed by atoms with Crippen LogP contribution < -0.4 is 0 Å². The summed E-state index contributed by atoms with van der Waals surface area (Å²) in [5.41, 5.74) is 0. The quantitative estimate of drug-likeness (QED) is 0.583. The van der Waals surface area contributed by atoms with Gasteiger partial charge in [0.15, 0.2) is 0 Å².